The number of nitro groups is 1. The van der Waals surface area contributed by atoms with Crippen molar-refractivity contribution in [2.75, 3.05) is 44.2 Å². The van der Waals surface area contributed by atoms with E-state index in [1.54, 1.807) is 34.1 Å². The van der Waals surface area contributed by atoms with Crippen molar-refractivity contribution in [1.82, 2.24) is 9.80 Å². The SMILES string of the molecule is CC1CCCN(c2ccc(C(=O)N3CCN(C(=O)c4ccco4)CC3)cc2[N+](=O)[O-])C1. The van der Waals surface area contributed by atoms with Gasteiger partial charge in [0.2, 0.25) is 0 Å². The third-order valence-corrected chi connectivity index (χ3v) is 6.00. The monoisotopic (exact) mass is 426 g/mol. The summed E-state index contributed by atoms with van der Waals surface area (Å²) in [5.74, 6) is 0.299. The summed E-state index contributed by atoms with van der Waals surface area (Å²) in [6, 6.07) is 8.03. The van der Waals surface area contributed by atoms with E-state index in [2.05, 4.69) is 6.92 Å². The minimum atomic E-state index is -0.411. The standard InChI is InChI=1S/C22H26N4O5/c1-16-4-2-8-25(15-16)18-7-6-17(14-19(18)26(29)30)21(27)23-9-11-24(12-10-23)22(28)20-5-3-13-31-20/h3,5-7,13-14,16H,2,4,8-12,15H2,1H3. The lowest BCUT2D eigenvalue weighted by molar-refractivity contribution is -0.384. The highest BCUT2D eigenvalue weighted by molar-refractivity contribution is 5.96. The highest BCUT2D eigenvalue weighted by Crippen LogP contribution is 2.32. The van der Waals surface area contributed by atoms with Crippen molar-refractivity contribution in [1.29, 1.82) is 0 Å². The number of piperazine rings is 1. The first-order valence-electron chi connectivity index (χ1n) is 10.6. The van der Waals surface area contributed by atoms with E-state index in [1.165, 1.54) is 12.3 Å². The van der Waals surface area contributed by atoms with Crippen molar-refractivity contribution in [2.24, 2.45) is 5.92 Å². The molecule has 2 aliphatic rings. The molecule has 2 aromatic rings. The van der Waals surface area contributed by atoms with Crippen LogP contribution in [0.1, 0.15) is 40.7 Å². The number of nitro benzene ring substituents is 1. The maximum atomic E-state index is 13.0. The quantitative estimate of drug-likeness (QED) is 0.550. The van der Waals surface area contributed by atoms with Gasteiger partial charge in [0.25, 0.3) is 17.5 Å². The van der Waals surface area contributed by atoms with Crippen molar-refractivity contribution in [3.63, 3.8) is 0 Å². The zero-order valence-corrected chi connectivity index (χ0v) is 17.5. The summed E-state index contributed by atoms with van der Waals surface area (Å²) in [7, 11) is 0. The Balaban J connectivity index is 1.46. The molecule has 0 aliphatic carbocycles. The molecule has 1 unspecified atom stereocenters. The maximum Gasteiger partial charge on any atom is 0.293 e. The summed E-state index contributed by atoms with van der Waals surface area (Å²) in [6.07, 6.45) is 3.57. The highest BCUT2D eigenvalue weighted by Gasteiger charge is 2.29. The third kappa shape index (κ3) is 4.40. The van der Waals surface area contributed by atoms with Crippen molar-refractivity contribution < 1.29 is 18.9 Å². The summed E-state index contributed by atoms with van der Waals surface area (Å²) in [5, 5.41) is 11.7. The first kappa shape index (κ1) is 20.9. The molecule has 0 radical (unpaired) electrons. The smallest absolute Gasteiger partial charge is 0.293 e. The fourth-order valence-corrected chi connectivity index (χ4v) is 4.33. The van der Waals surface area contributed by atoms with Crippen molar-refractivity contribution in [3.05, 3.63) is 58.0 Å². The van der Waals surface area contributed by atoms with Crippen LogP contribution in [0.25, 0.3) is 0 Å². The van der Waals surface area contributed by atoms with E-state index in [4.69, 9.17) is 4.42 Å². The largest absolute Gasteiger partial charge is 0.459 e. The molecule has 0 N–H and O–H groups in total. The lowest BCUT2D eigenvalue weighted by Gasteiger charge is -2.34. The zero-order chi connectivity index (χ0) is 22.0. The van der Waals surface area contributed by atoms with Gasteiger partial charge in [-0.15, -0.1) is 0 Å². The topological polar surface area (TPSA) is 100 Å². The van der Waals surface area contributed by atoms with Crippen molar-refractivity contribution in [3.8, 4) is 0 Å². The van der Waals surface area contributed by atoms with Gasteiger partial charge in [0.15, 0.2) is 5.76 Å². The number of piperidine rings is 1. The number of hydrogen-bond donors (Lipinski definition) is 0. The number of nitrogens with zero attached hydrogens (tertiary/aromatic N) is 4. The molecule has 9 heteroatoms. The van der Waals surface area contributed by atoms with Crippen LogP contribution in [-0.2, 0) is 0 Å². The molecule has 1 atom stereocenters. The van der Waals surface area contributed by atoms with Crippen LogP contribution in [0.5, 0.6) is 0 Å². The van der Waals surface area contributed by atoms with E-state index in [0.29, 0.717) is 43.3 Å². The molecule has 2 saturated heterocycles. The van der Waals surface area contributed by atoms with E-state index in [1.807, 2.05) is 4.90 Å². The second-order valence-electron chi connectivity index (χ2n) is 8.22. The van der Waals surface area contributed by atoms with Crippen LogP contribution in [0, 0.1) is 16.0 Å². The first-order valence-corrected chi connectivity index (χ1v) is 10.6. The number of furan rings is 1. The molecule has 9 nitrogen and oxygen atoms in total. The van der Waals surface area contributed by atoms with Gasteiger partial charge in [-0.05, 0) is 43.0 Å². The molecular weight excluding hydrogens is 400 g/mol. The van der Waals surface area contributed by atoms with Crippen molar-refractivity contribution >= 4 is 23.2 Å². The Morgan fingerprint density at radius 1 is 1.06 bits per heavy atom. The molecule has 4 rings (SSSR count). The molecule has 31 heavy (non-hydrogen) atoms. The molecule has 0 saturated carbocycles. The van der Waals surface area contributed by atoms with Crippen LogP contribution >= 0.6 is 0 Å². The number of carbonyl (C=O) groups excluding carboxylic acids is 2. The summed E-state index contributed by atoms with van der Waals surface area (Å²) in [6.45, 7) is 5.21. The summed E-state index contributed by atoms with van der Waals surface area (Å²) in [5.41, 5.74) is 0.833. The first-order chi connectivity index (χ1) is 14.9. The second kappa shape index (κ2) is 8.79. The minimum Gasteiger partial charge on any atom is -0.459 e. The predicted molar refractivity (Wildman–Crippen MR) is 114 cm³/mol. The zero-order valence-electron chi connectivity index (χ0n) is 17.5. The Morgan fingerprint density at radius 3 is 2.39 bits per heavy atom. The lowest BCUT2D eigenvalue weighted by Crippen LogP contribution is -2.50. The number of anilines is 1. The Hall–Kier alpha value is -3.36. The maximum absolute atomic E-state index is 13.0. The van der Waals surface area contributed by atoms with Gasteiger partial charge in [-0.2, -0.15) is 0 Å². The van der Waals surface area contributed by atoms with Crippen LogP contribution in [0.4, 0.5) is 11.4 Å². The van der Waals surface area contributed by atoms with Gasteiger partial charge >= 0.3 is 0 Å². The van der Waals surface area contributed by atoms with Crippen LogP contribution < -0.4 is 4.90 Å². The fourth-order valence-electron chi connectivity index (χ4n) is 4.33. The lowest BCUT2D eigenvalue weighted by atomic mass is 9.99. The van der Waals surface area contributed by atoms with Gasteiger partial charge < -0.3 is 19.1 Å². The van der Waals surface area contributed by atoms with E-state index in [0.717, 1.165) is 25.9 Å². The Morgan fingerprint density at radius 2 is 1.77 bits per heavy atom. The van der Waals surface area contributed by atoms with E-state index in [9.17, 15) is 19.7 Å². The molecule has 2 fully saturated rings. The molecule has 1 aromatic heterocycles. The minimum absolute atomic E-state index is 0.0356. The van der Waals surface area contributed by atoms with Crippen LogP contribution in [0.15, 0.2) is 41.0 Å². The average molecular weight is 426 g/mol. The molecule has 1 aromatic carbocycles. The Labute approximate surface area is 180 Å². The Kier molecular flexibility index (Phi) is 5.92. The average Bonchev–Trinajstić information content (AvgIpc) is 3.33. The molecule has 164 valence electrons. The van der Waals surface area contributed by atoms with Crippen LogP contribution in [0.2, 0.25) is 0 Å². The third-order valence-electron chi connectivity index (χ3n) is 6.00. The number of rotatable bonds is 4. The highest BCUT2D eigenvalue weighted by atomic mass is 16.6. The van der Waals surface area contributed by atoms with Gasteiger partial charge in [-0.1, -0.05) is 6.92 Å². The molecule has 0 spiro atoms. The number of carbonyl (C=O) groups is 2. The molecule has 0 bridgehead atoms. The summed E-state index contributed by atoms with van der Waals surface area (Å²) in [4.78, 5) is 42.0. The van der Waals surface area contributed by atoms with Gasteiger partial charge in [0.1, 0.15) is 5.69 Å². The van der Waals surface area contributed by atoms with E-state index >= 15 is 0 Å². The number of benzene rings is 1. The molecule has 2 aliphatic heterocycles. The Bertz CT molecular complexity index is 966. The summed E-state index contributed by atoms with van der Waals surface area (Å²) < 4.78 is 5.16. The van der Waals surface area contributed by atoms with Crippen molar-refractivity contribution in [2.45, 2.75) is 19.8 Å². The summed E-state index contributed by atoms with van der Waals surface area (Å²) >= 11 is 0. The van der Waals surface area contributed by atoms with Gasteiger partial charge in [0.05, 0.1) is 11.2 Å². The number of amides is 2. The number of hydrogen-bond acceptors (Lipinski definition) is 6. The molecular formula is C22H26N4O5. The fraction of sp³-hybridized carbons (Fsp3) is 0.455. The predicted octanol–water partition coefficient (Wildman–Crippen LogP) is 3.02. The van der Waals surface area contributed by atoms with Gasteiger partial charge in [-0.25, -0.2) is 0 Å². The van der Waals surface area contributed by atoms with Gasteiger partial charge in [0, 0.05) is 50.9 Å². The van der Waals surface area contributed by atoms with E-state index < -0.39 is 4.92 Å². The normalized spacial score (nSPS) is 19.4. The molecule has 3 heterocycles. The van der Waals surface area contributed by atoms with Gasteiger partial charge in [-0.3, -0.25) is 19.7 Å². The van der Waals surface area contributed by atoms with Crippen LogP contribution in [-0.4, -0.2) is 65.8 Å². The molecule has 2 amide bonds. The van der Waals surface area contributed by atoms with Crippen LogP contribution in [0.3, 0.4) is 0 Å². The second-order valence-corrected chi connectivity index (χ2v) is 8.22. The van der Waals surface area contributed by atoms with E-state index in [-0.39, 0.29) is 23.3 Å².